The minimum Gasteiger partial charge on any atom is -0.486 e. The molecule has 0 atom stereocenters. The maximum atomic E-state index is 5.98. The Morgan fingerprint density at radius 3 is 2.38 bits per heavy atom. The third-order valence-electron chi connectivity index (χ3n) is 3.25. The summed E-state index contributed by atoms with van der Waals surface area (Å²) in [6.07, 6.45) is 0. The summed E-state index contributed by atoms with van der Waals surface area (Å²) in [5, 5.41) is 4.14. The minimum atomic E-state index is 0.614. The highest BCUT2D eigenvalue weighted by molar-refractivity contribution is 9.10. The smallest absolute Gasteiger partial charge is 0.161 e. The van der Waals surface area contributed by atoms with E-state index in [4.69, 9.17) is 21.1 Å². The Morgan fingerprint density at radius 2 is 1.62 bits per heavy atom. The van der Waals surface area contributed by atoms with Crippen LogP contribution in [0.5, 0.6) is 11.5 Å². The van der Waals surface area contributed by atoms with Crippen LogP contribution in [-0.2, 0) is 13.1 Å². The first-order chi connectivity index (χ1) is 10.2. The summed E-state index contributed by atoms with van der Waals surface area (Å²) in [6, 6.07) is 12.0. The molecule has 0 saturated carbocycles. The average molecular weight is 369 g/mol. The van der Waals surface area contributed by atoms with Crippen molar-refractivity contribution in [3.05, 3.63) is 57.0 Å². The molecule has 3 rings (SSSR count). The molecule has 0 aliphatic carbocycles. The normalized spacial score (nSPS) is 13.2. The highest BCUT2D eigenvalue weighted by atomic mass is 79.9. The molecule has 0 fully saturated rings. The standard InChI is InChI=1S/C16H15BrClNO2/c17-13-7-11(1-3-14(13)18)9-19-10-12-2-4-15-16(8-12)21-6-5-20-15/h1-4,7-8,19H,5-6,9-10H2. The van der Waals surface area contributed by atoms with Gasteiger partial charge >= 0.3 is 0 Å². The van der Waals surface area contributed by atoms with Gasteiger partial charge in [-0.3, -0.25) is 0 Å². The molecule has 2 aromatic rings. The van der Waals surface area contributed by atoms with E-state index in [0.29, 0.717) is 13.2 Å². The van der Waals surface area contributed by atoms with Crippen LogP contribution in [0.25, 0.3) is 0 Å². The molecule has 0 spiro atoms. The quantitative estimate of drug-likeness (QED) is 0.879. The van der Waals surface area contributed by atoms with Crippen molar-refractivity contribution in [1.29, 1.82) is 0 Å². The van der Waals surface area contributed by atoms with Gasteiger partial charge in [0.25, 0.3) is 0 Å². The molecular weight excluding hydrogens is 354 g/mol. The molecular formula is C16H15BrClNO2. The van der Waals surface area contributed by atoms with Crippen molar-refractivity contribution in [2.24, 2.45) is 0 Å². The Balaban J connectivity index is 1.58. The molecule has 0 radical (unpaired) electrons. The molecule has 1 aliphatic heterocycles. The van der Waals surface area contributed by atoms with E-state index in [2.05, 4.69) is 27.3 Å². The van der Waals surface area contributed by atoms with E-state index < -0.39 is 0 Å². The minimum absolute atomic E-state index is 0.614. The predicted octanol–water partition coefficient (Wildman–Crippen LogP) is 4.16. The molecule has 21 heavy (non-hydrogen) atoms. The Labute approximate surface area is 137 Å². The summed E-state index contributed by atoms with van der Waals surface area (Å²) < 4.78 is 12.0. The van der Waals surface area contributed by atoms with Crippen LogP contribution < -0.4 is 14.8 Å². The number of hydrogen-bond donors (Lipinski definition) is 1. The summed E-state index contributed by atoms with van der Waals surface area (Å²) >= 11 is 9.42. The molecule has 1 aliphatic rings. The van der Waals surface area contributed by atoms with E-state index >= 15 is 0 Å². The van der Waals surface area contributed by atoms with E-state index in [-0.39, 0.29) is 0 Å². The molecule has 5 heteroatoms. The first-order valence-corrected chi connectivity index (χ1v) is 7.92. The third kappa shape index (κ3) is 3.70. The summed E-state index contributed by atoms with van der Waals surface area (Å²) in [7, 11) is 0. The van der Waals surface area contributed by atoms with Crippen LogP contribution in [0, 0.1) is 0 Å². The fraction of sp³-hybridized carbons (Fsp3) is 0.250. The van der Waals surface area contributed by atoms with Crippen molar-refractivity contribution in [3.63, 3.8) is 0 Å². The van der Waals surface area contributed by atoms with Crippen molar-refractivity contribution in [2.75, 3.05) is 13.2 Å². The topological polar surface area (TPSA) is 30.5 Å². The van der Waals surface area contributed by atoms with Gasteiger partial charge in [0.1, 0.15) is 13.2 Å². The first-order valence-electron chi connectivity index (χ1n) is 6.75. The molecule has 1 N–H and O–H groups in total. The Morgan fingerprint density at radius 1 is 0.952 bits per heavy atom. The number of halogens is 2. The second kappa shape index (κ2) is 6.69. The van der Waals surface area contributed by atoms with Gasteiger partial charge in [-0.1, -0.05) is 23.7 Å². The lowest BCUT2D eigenvalue weighted by Crippen LogP contribution is -2.16. The summed E-state index contributed by atoms with van der Waals surface area (Å²) in [5.74, 6) is 1.65. The van der Waals surface area contributed by atoms with Crippen LogP contribution in [0.4, 0.5) is 0 Å². The van der Waals surface area contributed by atoms with Crippen LogP contribution in [0.15, 0.2) is 40.9 Å². The fourth-order valence-electron chi connectivity index (χ4n) is 2.20. The molecule has 0 amide bonds. The number of ether oxygens (including phenoxy) is 2. The van der Waals surface area contributed by atoms with Gasteiger partial charge in [-0.2, -0.15) is 0 Å². The SMILES string of the molecule is Clc1ccc(CNCc2ccc3c(c2)OCCO3)cc1Br. The summed E-state index contributed by atoms with van der Waals surface area (Å²) in [4.78, 5) is 0. The summed E-state index contributed by atoms with van der Waals surface area (Å²) in [5.41, 5.74) is 2.36. The van der Waals surface area contributed by atoms with Crippen LogP contribution in [0.3, 0.4) is 0 Å². The van der Waals surface area contributed by atoms with Crippen molar-refractivity contribution in [2.45, 2.75) is 13.1 Å². The molecule has 2 aromatic carbocycles. The van der Waals surface area contributed by atoms with Crippen LogP contribution in [0.1, 0.15) is 11.1 Å². The molecule has 110 valence electrons. The maximum absolute atomic E-state index is 5.98. The zero-order valence-corrected chi connectivity index (χ0v) is 13.7. The monoisotopic (exact) mass is 367 g/mol. The lowest BCUT2D eigenvalue weighted by Gasteiger charge is -2.19. The van der Waals surface area contributed by atoms with Gasteiger partial charge in [-0.05, 0) is 51.3 Å². The summed E-state index contributed by atoms with van der Waals surface area (Å²) in [6.45, 7) is 2.79. The Kier molecular flexibility index (Phi) is 4.68. The van der Waals surface area contributed by atoms with Crippen LogP contribution in [-0.4, -0.2) is 13.2 Å². The largest absolute Gasteiger partial charge is 0.486 e. The van der Waals surface area contributed by atoms with Gasteiger partial charge < -0.3 is 14.8 Å². The van der Waals surface area contributed by atoms with Crippen LogP contribution >= 0.6 is 27.5 Å². The second-order valence-electron chi connectivity index (χ2n) is 4.83. The van der Waals surface area contributed by atoms with Crippen LogP contribution in [0.2, 0.25) is 5.02 Å². The van der Waals surface area contributed by atoms with Gasteiger partial charge in [-0.15, -0.1) is 0 Å². The number of hydrogen-bond acceptors (Lipinski definition) is 3. The zero-order valence-electron chi connectivity index (χ0n) is 11.4. The molecule has 3 nitrogen and oxygen atoms in total. The highest BCUT2D eigenvalue weighted by Crippen LogP contribution is 2.30. The number of rotatable bonds is 4. The van der Waals surface area contributed by atoms with Gasteiger partial charge in [0.2, 0.25) is 0 Å². The molecule has 0 unspecified atom stereocenters. The lowest BCUT2D eigenvalue weighted by atomic mass is 10.2. The zero-order chi connectivity index (χ0) is 14.7. The van der Waals surface area contributed by atoms with Gasteiger partial charge in [0.15, 0.2) is 11.5 Å². The molecule has 0 bridgehead atoms. The van der Waals surface area contributed by atoms with Gasteiger partial charge in [0, 0.05) is 17.6 Å². The third-order valence-corrected chi connectivity index (χ3v) is 4.46. The maximum Gasteiger partial charge on any atom is 0.161 e. The van der Waals surface area contributed by atoms with E-state index in [1.54, 1.807) is 0 Å². The first kappa shape index (κ1) is 14.7. The van der Waals surface area contributed by atoms with E-state index in [1.807, 2.05) is 30.3 Å². The van der Waals surface area contributed by atoms with Crippen molar-refractivity contribution in [3.8, 4) is 11.5 Å². The number of nitrogens with one attached hydrogen (secondary N) is 1. The predicted molar refractivity (Wildman–Crippen MR) is 87.1 cm³/mol. The van der Waals surface area contributed by atoms with Crippen molar-refractivity contribution in [1.82, 2.24) is 5.32 Å². The number of fused-ring (bicyclic) bond motifs is 1. The number of benzene rings is 2. The average Bonchev–Trinajstić information content (AvgIpc) is 2.51. The fourth-order valence-corrected chi connectivity index (χ4v) is 2.74. The van der Waals surface area contributed by atoms with Crippen molar-refractivity contribution >= 4 is 27.5 Å². The highest BCUT2D eigenvalue weighted by Gasteiger charge is 2.11. The lowest BCUT2D eigenvalue weighted by molar-refractivity contribution is 0.171. The second-order valence-corrected chi connectivity index (χ2v) is 6.09. The van der Waals surface area contributed by atoms with Gasteiger partial charge in [0.05, 0.1) is 5.02 Å². The van der Waals surface area contributed by atoms with E-state index in [0.717, 1.165) is 34.1 Å². The van der Waals surface area contributed by atoms with E-state index in [9.17, 15) is 0 Å². The Hall–Kier alpha value is -1.23. The molecule has 0 saturated heterocycles. The Bertz CT molecular complexity index is 648. The molecule has 1 heterocycles. The molecule has 0 aromatic heterocycles. The van der Waals surface area contributed by atoms with Gasteiger partial charge in [-0.25, -0.2) is 0 Å². The van der Waals surface area contributed by atoms with Crippen molar-refractivity contribution < 1.29 is 9.47 Å². The van der Waals surface area contributed by atoms with E-state index in [1.165, 1.54) is 11.1 Å².